The van der Waals surface area contributed by atoms with Crippen LogP contribution in [0, 0.1) is 5.92 Å². The highest BCUT2D eigenvalue weighted by Crippen LogP contribution is 2.39. The molecule has 5 rings (SSSR count). The Morgan fingerprint density at radius 2 is 1.79 bits per heavy atom. The Labute approximate surface area is 201 Å². The first-order valence-corrected chi connectivity index (χ1v) is 11.9. The lowest BCUT2D eigenvalue weighted by molar-refractivity contribution is -0.119. The van der Waals surface area contributed by atoms with Gasteiger partial charge in [-0.25, -0.2) is 4.98 Å². The molecule has 1 N–H and O–H groups in total. The first-order chi connectivity index (χ1) is 16.5. The van der Waals surface area contributed by atoms with Crippen molar-refractivity contribution in [1.29, 1.82) is 0 Å². The number of fused-ring (bicyclic) bond motifs is 1. The number of benzene rings is 2. The summed E-state index contributed by atoms with van der Waals surface area (Å²) in [7, 11) is 4.52. The smallest absolute Gasteiger partial charge is 0.257 e. The predicted octanol–water partition coefficient (Wildman–Crippen LogP) is 4.39. The third-order valence-electron chi connectivity index (χ3n) is 6.11. The standard InChI is InChI=1S/C25H25N3O5S/c1-31-20-11-17(12-21(32-2)22(20)33-3)23(29)27-25-26-18(13-34-25)15-6-7-19-16(10-15)8-9-28(19)24(30)14-4-5-14/h6-7,10-14H,4-5,8-9H2,1-3H3,(H,26,27,29). The van der Waals surface area contributed by atoms with E-state index in [0.29, 0.717) is 27.9 Å². The molecule has 1 aliphatic carbocycles. The Hall–Kier alpha value is -3.59. The predicted molar refractivity (Wildman–Crippen MR) is 130 cm³/mol. The van der Waals surface area contributed by atoms with Crippen LogP contribution < -0.4 is 24.4 Å². The van der Waals surface area contributed by atoms with Gasteiger partial charge in [-0.3, -0.25) is 14.9 Å². The third-order valence-corrected chi connectivity index (χ3v) is 6.87. The first kappa shape index (κ1) is 22.2. The van der Waals surface area contributed by atoms with Crippen LogP contribution in [0.3, 0.4) is 0 Å². The van der Waals surface area contributed by atoms with Gasteiger partial charge in [-0.1, -0.05) is 6.07 Å². The minimum Gasteiger partial charge on any atom is -0.493 e. The van der Waals surface area contributed by atoms with E-state index >= 15 is 0 Å². The Bertz CT molecular complexity index is 1240. The van der Waals surface area contributed by atoms with Gasteiger partial charge in [0.25, 0.3) is 5.91 Å². The van der Waals surface area contributed by atoms with Crippen molar-refractivity contribution in [2.75, 3.05) is 38.1 Å². The van der Waals surface area contributed by atoms with Crippen LogP contribution in [0.1, 0.15) is 28.8 Å². The topological polar surface area (TPSA) is 90.0 Å². The average molecular weight is 480 g/mol. The summed E-state index contributed by atoms with van der Waals surface area (Å²) in [6, 6.07) is 9.28. The van der Waals surface area contributed by atoms with E-state index in [1.165, 1.54) is 32.7 Å². The molecular weight excluding hydrogens is 454 g/mol. The SMILES string of the molecule is COc1cc(C(=O)Nc2nc(-c3ccc4c(c3)CCN4C(=O)C3CC3)cs2)cc(OC)c1OC. The number of nitrogens with one attached hydrogen (secondary N) is 1. The number of rotatable bonds is 7. The summed E-state index contributed by atoms with van der Waals surface area (Å²) in [5, 5.41) is 5.24. The number of aromatic nitrogens is 1. The first-order valence-electron chi connectivity index (χ1n) is 11.0. The number of hydrogen-bond donors (Lipinski definition) is 1. The molecule has 9 heteroatoms. The van der Waals surface area contributed by atoms with Crippen molar-refractivity contribution >= 4 is 34.0 Å². The van der Waals surface area contributed by atoms with E-state index in [1.54, 1.807) is 12.1 Å². The molecule has 2 aliphatic rings. The maximum Gasteiger partial charge on any atom is 0.257 e. The quantitative estimate of drug-likeness (QED) is 0.541. The molecule has 1 fully saturated rings. The van der Waals surface area contributed by atoms with Crippen molar-refractivity contribution in [3.05, 3.63) is 46.8 Å². The van der Waals surface area contributed by atoms with Gasteiger partial charge in [0.15, 0.2) is 16.6 Å². The lowest BCUT2D eigenvalue weighted by Crippen LogP contribution is -2.30. The number of carbonyl (C=O) groups excluding carboxylic acids is 2. The van der Waals surface area contributed by atoms with E-state index in [9.17, 15) is 9.59 Å². The zero-order chi connectivity index (χ0) is 23.8. The van der Waals surface area contributed by atoms with Crippen molar-refractivity contribution < 1.29 is 23.8 Å². The normalized spacial score (nSPS) is 14.5. The number of amides is 2. The fourth-order valence-corrected chi connectivity index (χ4v) is 4.90. The van der Waals surface area contributed by atoms with Crippen LogP contribution >= 0.6 is 11.3 Å². The number of hydrogen-bond acceptors (Lipinski definition) is 7. The summed E-state index contributed by atoms with van der Waals surface area (Å²) >= 11 is 1.35. The fourth-order valence-electron chi connectivity index (χ4n) is 4.19. The van der Waals surface area contributed by atoms with E-state index in [1.807, 2.05) is 22.4 Å². The maximum atomic E-state index is 12.9. The number of nitrogens with zero attached hydrogens (tertiary/aromatic N) is 2. The molecule has 2 aromatic carbocycles. The van der Waals surface area contributed by atoms with Gasteiger partial charge in [0.2, 0.25) is 11.7 Å². The Kier molecular flexibility index (Phi) is 5.87. The highest BCUT2D eigenvalue weighted by molar-refractivity contribution is 7.14. The van der Waals surface area contributed by atoms with E-state index in [0.717, 1.165) is 48.3 Å². The number of methoxy groups -OCH3 is 3. The number of ether oxygens (including phenoxy) is 3. The van der Waals surface area contributed by atoms with Crippen molar-refractivity contribution in [1.82, 2.24) is 4.98 Å². The Morgan fingerprint density at radius 1 is 1.06 bits per heavy atom. The van der Waals surface area contributed by atoms with Crippen molar-refractivity contribution in [2.45, 2.75) is 19.3 Å². The van der Waals surface area contributed by atoms with Crippen molar-refractivity contribution in [3.8, 4) is 28.5 Å². The third kappa shape index (κ3) is 4.07. The number of anilines is 2. The highest BCUT2D eigenvalue weighted by atomic mass is 32.1. The lowest BCUT2D eigenvalue weighted by Gasteiger charge is -2.17. The maximum absolute atomic E-state index is 12.9. The van der Waals surface area contributed by atoms with Gasteiger partial charge in [0.1, 0.15) is 0 Å². The second kappa shape index (κ2) is 8.98. The zero-order valence-corrected chi connectivity index (χ0v) is 20.0. The summed E-state index contributed by atoms with van der Waals surface area (Å²) in [6.45, 7) is 0.737. The Balaban J connectivity index is 1.33. The average Bonchev–Trinajstić information content (AvgIpc) is 3.47. The van der Waals surface area contributed by atoms with Crippen LogP contribution in [0.4, 0.5) is 10.8 Å². The van der Waals surface area contributed by atoms with Crippen LogP contribution in [0.2, 0.25) is 0 Å². The molecule has 34 heavy (non-hydrogen) atoms. The molecule has 1 saturated carbocycles. The summed E-state index contributed by atoms with van der Waals surface area (Å²) in [5.74, 6) is 1.35. The molecule has 2 heterocycles. The molecule has 8 nitrogen and oxygen atoms in total. The molecule has 0 unspecified atom stereocenters. The van der Waals surface area contributed by atoms with Gasteiger partial charge < -0.3 is 19.1 Å². The molecule has 1 aliphatic heterocycles. The van der Waals surface area contributed by atoms with Crippen LogP contribution in [0.25, 0.3) is 11.3 Å². The molecule has 0 atom stereocenters. The minimum absolute atomic E-state index is 0.209. The monoisotopic (exact) mass is 479 g/mol. The second-order valence-electron chi connectivity index (χ2n) is 8.26. The fraction of sp³-hybridized carbons (Fsp3) is 0.320. The highest BCUT2D eigenvalue weighted by Gasteiger charge is 2.36. The molecule has 3 aromatic rings. The van der Waals surface area contributed by atoms with Gasteiger partial charge in [-0.2, -0.15) is 0 Å². The zero-order valence-electron chi connectivity index (χ0n) is 19.2. The van der Waals surface area contributed by atoms with Crippen LogP contribution in [0.5, 0.6) is 17.2 Å². The Morgan fingerprint density at radius 3 is 2.44 bits per heavy atom. The lowest BCUT2D eigenvalue weighted by atomic mass is 10.1. The van der Waals surface area contributed by atoms with Crippen LogP contribution in [-0.2, 0) is 11.2 Å². The van der Waals surface area contributed by atoms with Crippen LogP contribution in [-0.4, -0.2) is 44.7 Å². The minimum atomic E-state index is -0.330. The molecular formula is C25H25N3O5S. The van der Waals surface area contributed by atoms with Gasteiger partial charge in [0, 0.05) is 34.7 Å². The molecule has 0 bridgehead atoms. The van der Waals surface area contributed by atoms with E-state index in [4.69, 9.17) is 14.2 Å². The largest absolute Gasteiger partial charge is 0.493 e. The molecule has 0 saturated heterocycles. The van der Waals surface area contributed by atoms with Crippen LogP contribution in [0.15, 0.2) is 35.7 Å². The molecule has 0 radical (unpaired) electrons. The summed E-state index contributed by atoms with van der Waals surface area (Å²) in [4.78, 5) is 31.9. The van der Waals surface area contributed by atoms with Gasteiger partial charge in [-0.05, 0) is 49.1 Å². The number of thiazole rings is 1. The van der Waals surface area contributed by atoms with Gasteiger partial charge in [0.05, 0.1) is 27.0 Å². The van der Waals surface area contributed by atoms with E-state index in [-0.39, 0.29) is 17.7 Å². The number of carbonyl (C=O) groups is 2. The van der Waals surface area contributed by atoms with Gasteiger partial charge in [-0.15, -0.1) is 11.3 Å². The summed E-state index contributed by atoms with van der Waals surface area (Å²) in [6.07, 6.45) is 2.86. The molecule has 0 spiro atoms. The summed E-state index contributed by atoms with van der Waals surface area (Å²) in [5.41, 5.74) is 4.27. The van der Waals surface area contributed by atoms with Crippen molar-refractivity contribution in [3.63, 3.8) is 0 Å². The molecule has 1 aromatic heterocycles. The molecule has 2 amide bonds. The molecule has 176 valence electrons. The second-order valence-corrected chi connectivity index (χ2v) is 9.12. The van der Waals surface area contributed by atoms with Gasteiger partial charge >= 0.3 is 0 Å². The summed E-state index contributed by atoms with van der Waals surface area (Å²) < 4.78 is 16.0. The van der Waals surface area contributed by atoms with E-state index in [2.05, 4.69) is 16.4 Å². The van der Waals surface area contributed by atoms with Crippen molar-refractivity contribution in [2.24, 2.45) is 5.92 Å². The van der Waals surface area contributed by atoms with E-state index < -0.39 is 0 Å².